The molecule has 1 fully saturated rings. The number of rotatable bonds is 6. The standard InChI is InChI=1S/C15H23ClN2O/c16-14-11-17-8-6-13(14)10-18-15(7-9-19)12-4-2-1-3-5-12/h6,8,11-12,15,18-19H,1-5,7,9-10H2. The second-order valence-electron chi connectivity index (χ2n) is 5.36. The number of halogens is 1. The molecule has 106 valence electrons. The molecule has 1 aliphatic rings. The van der Waals surface area contributed by atoms with Crippen molar-refractivity contribution < 1.29 is 5.11 Å². The molecule has 1 saturated carbocycles. The third-order valence-electron chi connectivity index (χ3n) is 4.07. The molecule has 0 aliphatic heterocycles. The van der Waals surface area contributed by atoms with E-state index < -0.39 is 0 Å². The van der Waals surface area contributed by atoms with Crippen LogP contribution in [0.5, 0.6) is 0 Å². The average molecular weight is 283 g/mol. The Balaban J connectivity index is 1.91. The van der Waals surface area contributed by atoms with Gasteiger partial charge in [-0.25, -0.2) is 0 Å². The summed E-state index contributed by atoms with van der Waals surface area (Å²) in [5.74, 6) is 0.696. The zero-order valence-electron chi connectivity index (χ0n) is 11.3. The van der Waals surface area contributed by atoms with E-state index in [1.165, 1.54) is 32.1 Å². The van der Waals surface area contributed by atoms with Gasteiger partial charge in [0, 0.05) is 31.6 Å². The molecule has 0 amide bonds. The van der Waals surface area contributed by atoms with Gasteiger partial charge in [-0.2, -0.15) is 0 Å². The number of nitrogens with one attached hydrogen (secondary N) is 1. The van der Waals surface area contributed by atoms with Crippen LogP contribution in [0.3, 0.4) is 0 Å². The largest absolute Gasteiger partial charge is 0.396 e. The zero-order valence-corrected chi connectivity index (χ0v) is 12.1. The van der Waals surface area contributed by atoms with Gasteiger partial charge in [-0.1, -0.05) is 30.9 Å². The molecule has 0 aromatic carbocycles. The number of hydrogen-bond donors (Lipinski definition) is 2. The number of pyridine rings is 1. The number of aliphatic hydroxyl groups excluding tert-OH is 1. The van der Waals surface area contributed by atoms with Gasteiger partial charge in [-0.05, 0) is 36.8 Å². The Hall–Kier alpha value is -0.640. The highest BCUT2D eigenvalue weighted by atomic mass is 35.5. The van der Waals surface area contributed by atoms with E-state index in [9.17, 15) is 5.11 Å². The molecule has 4 heteroatoms. The Morgan fingerprint density at radius 2 is 2.16 bits per heavy atom. The number of nitrogens with zero attached hydrogens (tertiary/aromatic N) is 1. The first-order chi connectivity index (χ1) is 9.31. The van der Waals surface area contributed by atoms with Gasteiger partial charge in [0.1, 0.15) is 0 Å². The molecule has 1 aromatic rings. The zero-order chi connectivity index (χ0) is 13.5. The summed E-state index contributed by atoms with van der Waals surface area (Å²) in [7, 11) is 0. The summed E-state index contributed by atoms with van der Waals surface area (Å²) >= 11 is 6.12. The van der Waals surface area contributed by atoms with E-state index >= 15 is 0 Å². The Morgan fingerprint density at radius 1 is 1.37 bits per heavy atom. The van der Waals surface area contributed by atoms with Crippen LogP contribution in [0.15, 0.2) is 18.5 Å². The summed E-state index contributed by atoms with van der Waals surface area (Å²) in [5.41, 5.74) is 1.08. The quantitative estimate of drug-likeness (QED) is 0.842. The van der Waals surface area contributed by atoms with E-state index in [2.05, 4.69) is 10.3 Å². The van der Waals surface area contributed by atoms with Crippen LogP contribution in [0.1, 0.15) is 44.1 Å². The predicted octanol–water partition coefficient (Wildman–Crippen LogP) is 3.16. The first-order valence-electron chi connectivity index (χ1n) is 7.24. The lowest BCUT2D eigenvalue weighted by molar-refractivity contribution is 0.205. The maximum absolute atomic E-state index is 9.24. The van der Waals surface area contributed by atoms with Gasteiger partial charge >= 0.3 is 0 Å². The highest BCUT2D eigenvalue weighted by Gasteiger charge is 2.22. The molecule has 1 heterocycles. The van der Waals surface area contributed by atoms with E-state index in [4.69, 9.17) is 11.6 Å². The molecular weight excluding hydrogens is 260 g/mol. The van der Waals surface area contributed by atoms with Gasteiger partial charge in [-0.3, -0.25) is 4.98 Å². The predicted molar refractivity (Wildman–Crippen MR) is 78.2 cm³/mol. The topological polar surface area (TPSA) is 45.1 Å². The van der Waals surface area contributed by atoms with Gasteiger partial charge in [0.2, 0.25) is 0 Å². The van der Waals surface area contributed by atoms with Crippen molar-refractivity contribution in [2.24, 2.45) is 5.92 Å². The van der Waals surface area contributed by atoms with Gasteiger partial charge in [-0.15, -0.1) is 0 Å². The molecule has 1 aliphatic carbocycles. The van der Waals surface area contributed by atoms with Crippen LogP contribution in [-0.4, -0.2) is 22.7 Å². The van der Waals surface area contributed by atoms with Crippen molar-refractivity contribution in [2.45, 2.75) is 51.1 Å². The maximum atomic E-state index is 9.24. The number of aromatic nitrogens is 1. The highest BCUT2D eigenvalue weighted by Crippen LogP contribution is 2.28. The van der Waals surface area contributed by atoms with E-state index in [1.807, 2.05) is 6.07 Å². The number of hydrogen-bond acceptors (Lipinski definition) is 3. The first kappa shape index (κ1) is 14.8. The van der Waals surface area contributed by atoms with Gasteiger partial charge in [0.25, 0.3) is 0 Å². The van der Waals surface area contributed by atoms with E-state index in [1.54, 1.807) is 12.4 Å². The fourth-order valence-electron chi connectivity index (χ4n) is 2.97. The highest BCUT2D eigenvalue weighted by molar-refractivity contribution is 6.31. The van der Waals surface area contributed by atoms with Crippen molar-refractivity contribution in [3.63, 3.8) is 0 Å². The summed E-state index contributed by atoms with van der Waals surface area (Å²) in [6.45, 7) is 1.00. The second kappa shape index (κ2) is 7.83. The third kappa shape index (κ3) is 4.44. The van der Waals surface area contributed by atoms with Crippen LogP contribution < -0.4 is 5.32 Å². The van der Waals surface area contributed by atoms with Crippen LogP contribution >= 0.6 is 11.6 Å². The summed E-state index contributed by atoms with van der Waals surface area (Å²) in [4.78, 5) is 4.00. The van der Waals surface area contributed by atoms with Crippen molar-refractivity contribution in [1.29, 1.82) is 0 Å². The molecule has 2 rings (SSSR count). The van der Waals surface area contributed by atoms with E-state index in [-0.39, 0.29) is 6.61 Å². The van der Waals surface area contributed by atoms with Crippen molar-refractivity contribution in [3.05, 3.63) is 29.0 Å². The maximum Gasteiger partial charge on any atom is 0.0634 e. The summed E-state index contributed by atoms with van der Waals surface area (Å²) < 4.78 is 0. The minimum atomic E-state index is 0.248. The smallest absolute Gasteiger partial charge is 0.0634 e. The third-order valence-corrected chi connectivity index (χ3v) is 4.41. The summed E-state index contributed by atoms with van der Waals surface area (Å²) in [6.07, 6.45) is 10.8. The fourth-order valence-corrected chi connectivity index (χ4v) is 3.15. The Morgan fingerprint density at radius 3 is 2.84 bits per heavy atom. The molecule has 0 bridgehead atoms. The van der Waals surface area contributed by atoms with E-state index in [0.29, 0.717) is 17.0 Å². The van der Waals surface area contributed by atoms with Crippen molar-refractivity contribution in [2.75, 3.05) is 6.61 Å². The summed E-state index contributed by atoms with van der Waals surface area (Å²) in [6, 6.07) is 2.35. The molecule has 0 spiro atoms. The SMILES string of the molecule is OCCC(NCc1ccncc1Cl)C1CCCCC1. The van der Waals surface area contributed by atoms with Gasteiger partial charge < -0.3 is 10.4 Å². The fraction of sp³-hybridized carbons (Fsp3) is 0.667. The second-order valence-corrected chi connectivity index (χ2v) is 5.77. The molecule has 1 unspecified atom stereocenters. The molecule has 0 radical (unpaired) electrons. The normalized spacial score (nSPS) is 18.4. The lowest BCUT2D eigenvalue weighted by Gasteiger charge is -2.31. The van der Waals surface area contributed by atoms with E-state index in [0.717, 1.165) is 18.5 Å². The van der Waals surface area contributed by atoms with Crippen molar-refractivity contribution in [3.8, 4) is 0 Å². The molecule has 1 aromatic heterocycles. The van der Waals surface area contributed by atoms with Crippen molar-refractivity contribution in [1.82, 2.24) is 10.3 Å². The lowest BCUT2D eigenvalue weighted by atomic mass is 9.82. The molecule has 19 heavy (non-hydrogen) atoms. The first-order valence-corrected chi connectivity index (χ1v) is 7.61. The van der Waals surface area contributed by atoms with Gasteiger partial charge in [0.15, 0.2) is 0 Å². The monoisotopic (exact) mass is 282 g/mol. The van der Waals surface area contributed by atoms with Crippen LogP contribution in [0.4, 0.5) is 0 Å². The molecule has 3 nitrogen and oxygen atoms in total. The average Bonchev–Trinajstić information content (AvgIpc) is 2.46. The molecule has 2 N–H and O–H groups in total. The minimum Gasteiger partial charge on any atom is -0.396 e. The van der Waals surface area contributed by atoms with Crippen molar-refractivity contribution >= 4 is 11.6 Å². The van der Waals surface area contributed by atoms with Crippen LogP contribution in [0.2, 0.25) is 5.02 Å². The summed E-state index contributed by atoms with van der Waals surface area (Å²) in [5, 5.41) is 13.5. The lowest BCUT2D eigenvalue weighted by Crippen LogP contribution is -2.37. The number of aliphatic hydroxyl groups is 1. The Labute approximate surface area is 120 Å². The van der Waals surface area contributed by atoms with Crippen LogP contribution in [0.25, 0.3) is 0 Å². The Bertz CT molecular complexity index is 380. The van der Waals surface area contributed by atoms with Crippen LogP contribution in [-0.2, 0) is 6.54 Å². The Kier molecular flexibility index (Phi) is 6.08. The molecular formula is C15H23ClN2O. The van der Waals surface area contributed by atoms with Gasteiger partial charge in [0.05, 0.1) is 5.02 Å². The molecule has 0 saturated heterocycles. The minimum absolute atomic E-state index is 0.248. The molecule has 1 atom stereocenters. The van der Waals surface area contributed by atoms with Crippen LogP contribution in [0, 0.1) is 5.92 Å².